The molecular formula is C28H30N6O4S. The second kappa shape index (κ2) is 12.6. The second-order valence-corrected chi connectivity index (χ2v) is 10.2. The van der Waals surface area contributed by atoms with Crippen molar-refractivity contribution in [3.05, 3.63) is 49.1 Å². The molecule has 39 heavy (non-hydrogen) atoms. The van der Waals surface area contributed by atoms with Crippen molar-refractivity contribution in [2.24, 2.45) is 5.92 Å². The van der Waals surface area contributed by atoms with Gasteiger partial charge in [0.15, 0.2) is 11.0 Å². The lowest BCUT2D eigenvalue weighted by molar-refractivity contribution is 0.187. The monoisotopic (exact) mass is 546 g/mol. The third-order valence-electron chi connectivity index (χ3n) is 6.64. The number of benzene rings is 1. The van der Waals surface area contributed by atoms with Crippen LogP contribution in [0.4, 0.5) is 9.93 Å². The molecule has 1 aliphatic carbocycles. The molecule has 0 aliphatic heterocycles. The highest BCUT2D eigenvalue weighted by Gasteiger charge is 2.18. The Bertz CT molecular complexity index is 1410. The van der Waals surface area contributed by atoms with Gasteiger partial charge in [-0.1, -0.05) is 43.4 Å². The Morgan fingerprint density at radius 2 is 1.85 bits per heavy atom. The Morgan fingerprint density at radius 3 is 2.62 bits per heavy atom. The number of rotatable bonds is 9. The van der Waals surface area contributed by atoms with E-state index in [0.29, 0.717) is 40.4 Å². The first kappa shape index (κ1) is 26.5. The third kappa shape index (κ3) is 6.66. The van der Waals surface area contributed by atoms with E-state index in [-0.39, 0.29) is 0 Å². The molecule has 3 heterocycles. The van der Waals surface area contributed by atoms with E-state index >= 15 is 0 Å². The zero-order chi connectivity index (χ0) is 27.0. The average molecular weight is 547 g/mol. The van der Waals surface area contributed by atoms with Gasteiger partial charge in [-0.25, -0.2) is 24.7 Å². The highest BCUT2D eigenvalue weighted by Crippen LogP contribution is 2.37. The third-order valence-corrected chi connectivity index (χ3v) is 7.57. The van der Waals surface area contributed by atoms with Gasteiger partial charge in [-0.15, -0.1) is 0 Å². The maximum Gasteiger partial charge on any atom is 0.413 e. The molecule has 11 heteroatoms. The standard InChI is InChI=1S/C28H30N6O4S/c1-36-24-9-8-19(38-13-10-18-6-4-3-5-7-18)14-20(24)21-15-22(25-17-31-27(39-25)34-28(35)37-2)33-26(32-21)23-16-29-11-12-30-23/h8-9,11-12,14-18H,3-7,10,13H2,1-2H3,(H,31,34,35). The van der Waals surface area contributed by atoms with Crippen LogP contribution in [0.5, 0.6) is 11.5 Å². The molecule has 1 aliphatic rings. The van der Waals surface area contributed by atoms with Crippen LogP contribution in [-0.4, -0.2) is 51.8 Å². The van der Waals surface area contributed by atoms with Gasteiger partial charge >= 0.3 is 6.09 Å². The Labute approximate surface area is 230 Å². The fourth-order valence-corrected chi connectivity index (χ4v) is 5.39. The maximum absolute atomic E-state index is 11.6. The normalized spacial score (nSPS) is 13.6. The largest absolute Gasteiger partial charge is 0.496 e. The minimum Gasteiger partial charge on any atom is -0.496 e. The fourth-order valence-electron chi connectivity index (χ4n) is 4.63. The highest BCUT2D eigenvalue weighted by atomic mass is 32.1. The predicted molar refractivity (Wildman–Crippen MR) is 149 cm³/mol. The molecule has 0 saturated heterocycles. The van der Waals surface area contributed by atoms with Crippen LogP contribution in [-0.2, 0) is 4.74 Å². The Morgan fingerprint density at radius 1 is 1.00 bits per heavy atom. The van der Waals surface area contributed by atoms with Crippen molar-refractivity contribution in [3.63, 3.8) is 0 Å². The Kier molecular flexibility index (Phi) is 8.57. The first-order valence-corrected chi connectivity index (χ1v) is 13.7. The lowest BCUT2D eigenvalue weighted by Gasteiger charge is -2.21. The summed E-state index contributed by atoms with van der Waals surface area (Å²) >= 11 is 1.27. The van der Waals surface area contributed by atoms with E-state index in [1.54, 1.807) is 31.9 Å². The van der Waals surface area contributed by atoms with Gasteiger partial charge in [-0.2, -0.15) is 0 Å². The molecule has 3 aromatic heterocycles. The van der Waals surface area contributed by atoms with Crippen LogP contribution in [0.15, 0.2) is 49.1 Å². The van der Waals surface area contributed by atoms with E-state index in [2.05, 4.69) is 25.0 Å². The topological polar surface area (TPSA) is 121 Å². The number of aromatic nitrogens is 5. The lowest BCUT2D eigenvalue weighted by Crippen LogP contribution is -2.10. The number of thiazole rings is 1. The first-order chi connectivity index (χ1) is 19.1. The quantitative estimate of drug-likeness (QED) is 0.259. The van der Waals surface area contributed by atoms with Crippen LogP contribution in [0, 0.1) is 5.92 Å². The van der Waals surface area contributed by atoms with Crippen molar-refractivity contribution in [1.29, 1.82) is 0 Å². The van der Waals surface area contributed by atoms with Gasteiger partial charge in [0.05, 0.1) is 43.3 Å². The van der Waals surface area contributed by atoms with Crippen LogP contribution in [0.3, 0.4) is 0 Å². The molecule has 1 N–H and O–H groups in total. The summed E-state index contributed by atoms with van der Waals surface area (Å²) in [5.41, 5.74) is 2.53. The van der Waals surface area contributed by atoms with Crippen molar-refractivity contribution < 1.29 is 19.0 Å². The van der Waals surface area contributed by atoms with Crippen LogP contribution in [0.25, 0.3) is 33.3 Å². The molecule has 0 spiro atoms. The molecule has 1 saturated carbocycles. The van der Waals surface area contributed by atoms with Crippen LogP contribution in [0.1, 0.15) is 38.5 Å². The number of hydrogen-bond donors (Lipinski definition) is 1. The summed E-state index contributed by atoms with van der Waals surface area (Å²) in [4.78, 5) is 34.8. The zero-order valence-corrected chi connectivity index (χ0v) is 22.7. The van der Waals surface area contributed by atoms with Crippen molar-refractivity contribution in [3.8, 4) is 44.8 Å². The van der Waals surface area contributed by atoms with Gasteiger partial charge in [0, 0.05) is 24.2 Å². The van der Waals surface area contributed by atoms with Crippen molar-refractivity contribution in [2.75, 3.05) is 26.1 Å². The van der Waals surface area contributed by atoms with Crippen molar-refractivity contribution in [1.82, 2.24) is 24.9 Å². The van der Waals surface area contributed by atoms with Crippen LogP contribution < -0.4 is 14.8 Å². The number of carbonyl (C=O) groups is 1. The molecule has 1 fully saturated rings. The highest BCUT2D eigenvalue weighted by molar-refractivity contribution is 7.19. The van der Waals surface area contributed by atoms with Gasteiger partial charge in [-0.3, -0.25) is 10.3 Å². The van der Waals surface area contributed by atoms with Crippen LogP contribution in [0.2, 0.25) is 0 Å². The molecule has 1 aromatic carbocycles. The van der Waals surface area contributed by atoms with Crippen LogP contribution >= 0.6 is 11.3 Å². The van der Waals surface area contributed by atoms with Gasteiger partial charge in [0.1, 0.15) is 17.2 Å². The molecule has 5 rings (SSSR count). The molecule has 0 unspecified atom stereocenters. The number of amides is 1. The summed E-state index contributed by atoms with van der Waals surface area (Å²) in [6.45, 7) is 0.674. The molecule has 0 bridgehead atoms. The summed E-state index contributed by atoms with van der Waals surface area (Å²) in [6, 6.07) is 7.62. The molecule has 4 aromatic rings. The number of carbonyl (C=O) groups excluding carboxylic acids is 1. The second-order valence-electron chi connectivity index (χ2n) is 9.20. The SMILES string of the molecule is COC(=O)Nc1ncc(-c2cc(-c3cc(OCCC4CCCCC4)ccc3OC)nc(-c3cnccn3)n2)s1. The van der Waals surface area contributed by atoms with Crippen molar-refractivity contribution >= 4 is 22.6 Å². The van der Waals surface area contributed by atoms with E-state index in [1.807, 2.05) is 24.3 Å². The number of methoxy groups -OCH3 is 2. The molecule has 202 valence electrons. The van der Waals surface area contributed by atoms with Gasteiger partial charge in [-0.05, 0) is 36.6 Å². The van der Waals surface area contributed by atoms with E-state index in [9.17, 15) is 4.79 Å². The number of hydrogen-bond acceptors (Lipinski definition) is 10. The predicted octanol–water partition coefficient (Wildman–Crippen LogP) is 6.26. The minimum atomic E-state index is -0.593. The molecule has 10 nitrogen and oxygen atoms in total. The number of anilines is 1. The fraction of sp³-hybridized carbons (Fsp3) is 0.357. The van der Waals surface area contributed by atoms with Gasteiger partial charge < -0.3 is 14.2 Å². The number of ether oxygens (including phenoxy) is 3. The van der Waals surface area contributed by atoms with Gasteiger partial charge in [0.2, 0.25) is 0 Å². The smallest absolute Gasteiger partial charge is 0.413 e. The minimum absolute atomic E-state index is 0.393. The van der Waals surface area contributed by atoms with E-state index in [0.717, 1.165) is 28.5 Å². The van der Waals surface area contributed by atoms with Gasteiger partial charge in [0.25, 0.3) is 0 Å². The summed E-state index contributed by atoms with van der Waals surface area (Å²) < 4.78 is 16.5. The maximum atomic E-state index is 11.6. The summed E-state index contributed by atoms with van der Waals surface area (Å²) in [5.74, 6) is 2.55. The Hall–Kier alpha value is -4.12. The van der Waals surface area contributed by atoms with Crippen molar-refractivity contribution in [2.45, 2.75) is 38.5 Å². The van der Waals surface area contributed by atoms with E-state index in [4.69, 9.17) is 19.4 Å². The molecule has 0 atom stereocenters. The Balaban J connectivity index is 1.48. The number of nitrogens with one attached hydrogen (secondary N) is 1. The summed E-state index contributed by atoms with van der Waals surface area (Å²) in [5, 5.41) is 2.98. The summed E-state index contributed by atoms with van der Waals surface area (Å²) in [6.07, 6.45) is 13.5. The zero-order valence-electron chi connectivity index (χ0n) is 21.9. The lowest BCUT2D eigenvalue weighted by atomic mass is 9.87. The average Bonchev–Trinajstić information content (AvgIpc) is 3.46. The molecule has 1 amide bonds. The van der Waals surface area contributed by atoms with E-state index in [1.165, 1.54) is 50.6 Å². The summed E-state index contributed by atoms with van der Waals surface area (Å²) in [7, 11) is 2.93. The number of nitrogens with zero attached hydrogens (tertiary/aromatic N) is 5. The molecular weight excluding hydrogens is 516 g/mol. The first-order valence-electron chi connectivity index (χ1n) is 12.9. The molecule has 0 radical (unpaired) electrons. The van der Waals surface area contributed by atoms with E-state index < -0.39 is 6.09 Å².